The highest BCUT2D eigenvalue weighted by Gasteiger charge is 2.30. The lowest BCUT2D eigenvalue weighted by atomic mass is 10.2. The van der Waals surface area contributed by atoms with E-state index in [4.69, 9.17) is 9.47 Å². The van der Waals surface area contributed by atoms with Crippen molar-refractivity contribution in [2.24, 2.45) is 0 Å². The van der Waals surface area contributed by atoms with Crippen LogP contribution in [0.3, 0.4) is 0 Å². The molecule has 1 N–H and O–H groups in total. The Morgan fingerprint density at radius 1 is 1.47 bits per heavy atom. The summed E-state index contributed by atoms with van der Waals surface area (Å²) in [5.74, 6) is -0.385. The molecule has 1 aliphatic heterocycles. The lowest BCUT2D eigenvalue weighted by Crippen LogP contribution is -2.55. The van der Waals surface area contributed by atoms with E-state index < -0.39 is 6.04 Å². The molecule has 0 aliphatic carbocycles. The monoisotopic (exact) mass is 272 g/mol. The molecule has 1 rings (SSSR count). The third-order valence-corrected chi connectivity index (χ3v) is 2.79. The molecule has 6 nitrogen and oxygen atoms in total. The molecule has 0 saturated carbocycles. The van der Waals surface area contributed by atoms with E-state index >= 15 is 0 Å². The molecule has 1 atom stereocenters. The van der Waals surface area contributed by atoms with Crippen LogP contribution in [0.1, 0.15) is 27.2 Å². The van der Waals surface area contributed by atoms with Crippen molar-refractivity contribution in [3.05, 3.63) is 0 Å². The van der Waals surface area contributed by atoms with Crippen molar-refractivity contribution < 1.29 is 19.1 Å². The average Bonchev–Trinajstić information content (AvgIpc) is 2.35. The number of hydrogen-bond donors (Lipinski definition) is 1. The van der Waals surface area contributed by atoms with Gasteiger partial charge in [-0.05, 0) is 20.3 Å². The minimum absolute atomic E-state index is 0.0844. The maximum atomic E-state index is 12.0. The molecule has 0 aromatic carbocycles. The zero-order valence-electron chi connectivity index (χ0n) is 12.0. The standard InChI is InChI=1S/C13H24N2O4/c1-4-5-14-13(17)11-9-18-7-6-15(11)8-12(16)19-10(2)3/h10-11H,4-9H2,1-3H3,(H,14,17). The first kappa shape index (κ1) is 15.9. The van der Waals surface area contributed by atoms with Gasteiger partial charge in [-0.25, -0.2) is 0 Å². The van der Waals surface area contributed by atoms with E-state index in [1.807, 2.05) is 25.7 Å². The highest BCUT2D eigenvalue weighted by Crippen LogP contribution is 2.08. The van der Waals surface area contributed by atoms with Crippen LogP contribution in [-0.2, 0) is 19.1 Å². The molecule has 1 fully saturated rings. The predicted molar refractivity (Wildman–Crippen MR) is 70.7 cm³/mol. The molecule has 19 heavy (non-hydrogen) atoms. The molecule has 0 aromatic heterocycles. The third-order valence-electron chi connectivity index (χ3n) is 2.79. The second kappa shape index (κ2) is 8.12. The van der Waals surface area contributed by atoms with Crippen LogP contribution in [0.25, 0.3) is 0 Å². The summed E-state index contributed by atoms with van der Waals surface area (Å²) in [4.78, 5) is 25.5. The fourth-order valence-corrected chi connectivity index (χ4v) is 1.90. The van der Waals surface area contributed by atoms with Gasteiger partial charge in [-0.2, -0.15) is 0 Å². The van der Waals surface area contributed by atoms with Crippen LogP contribution in [0.2, 0.25) is 0 Å². The van der Waals surface area contributed by atoms with E-state index in [2.05, 4.69) is 5.32 Å². The third kappa shape index (κ3) is 5.57. The lowest BCUT2D eigenvalue weighted by molar-refractivity contribution is -0.152. The van der Waals surface area contributed by atoms with E-state index in [9.17, 15) is 9.59 Å². The highest BCUT2D eigenvalue weighted by atomic mass is 16.5. The summed E-state index contributed by atoms with van der Waals surface area (Å²) in [6.45, 7) is 7.81. The van der Waals surface area contributed by atoms with Gasteiger partial charge in [-0.3, -0.25) is 14.5 Å². The second-order valence-corrected chi connectivity index (χ2v) is 4.89. The fraction of sp³-hybridized carbons (Fsp3) is 0.846. The molecule has 1 saturated heterocycles. The normalized spacial score (nSPS) is 20.3. The number of amides is 1. The first-order valence-corrected chi connectivity index (χ1v) is 6.83. The van der Waals surface area contributed by atoms with Crippen molar-refractivity contribution >= 4 is 11.9 Å². The quantitative estimate of drug-likeness (QED) is 0.698. The van der Waals surface area contributed by atoms with Gasteiger partial charge >= 0.3 is 5.97 Å². The first-order chi connectivity index (χ1) is 9.04. The zero-order chi connectivity index (χ0) is 14.3. The number of esters is 1. The zero-order valence-corrected chi connectivity index (χ0v) is 12.0. The second-order valence-electron chi connectivity index (χ2n) is 4.89. The summed E-state index contributed by atoms with van der Waals surface area (Å²) in [7, 11) is 0. The Kier molecular flexibility index (Phi) is 6.80. The Balaban J connectivity index is 2.52. The molecule has 1 unspecified atom stereocenters. The van der Waals surface area contributed by atoms with Gasteiger partial charge in [0, 0.05) is 13.1 Å². The van der Waals surface area contributed by atoms with E-state index in [1.54, 1.807) is 0 Å². The van der Waals surface area contributed by atoms with Crippen molar-refractivity contribution in [3.63, 3.8) is 0 Å². The van der Waals surface area contributed by atoms with Gasteiger partial charge in [0.05, 0.1) is 25.9 Å². The van der Waals surface area contributed by atoms with Crippen LogP contribution >= 0.6 is 0 Å². The summed E-state index contributed by atoms with van der Waals surface area (Å²) in [5, 5.41) is 2.83. The Labute approximate surface area is 114 Å². The molecule has 0 bridgehead atoms. The number of carbonyl (C=O) groups is 2. The first-order valence-electron chi connectivity index (χ1n) is 6.83. The van der Waals surface area contributed by atoms with Crippen LogP contribution in [-0.4, -0.2) is 61.8 Å². The minimum atomic E-state index is -0.403. The van der Waals surface area contributed by atoms with Crippen molar-refractivity contribution in [1.82, 2.24) is 10.2 Å². The molecule has 0 spiro atoms. The van der Waals surface area contributed by atoms with E-state index in [0.29, 0.717) is 26.3 Å². The van der Waals surface area contributed by atoms with Crippen LogP contribution in [0.5, 0.6) is 0 Å². The minimum Gasteiger partial charge on any atom is -0.462 e. The summed E-state index contributed by atoms with van der Waals surface area (Å²) in [6.07, 6.45) is 0.746. The number of carbonyl (C=O) groups excluding carboxylic acids is 2. The number of rotatable bonds is 6. The van der Waals surface area contributed by atoms with Crippen molar-refractivity contribution in [1.29, 1.82) is 0 Å². The topological polar surface area (TPSA) is 67.9 Å². The van der Waals surface area contributed by atoms with Crippen molar-refractivity contribution in [2.45, 2.75) is 39.3 Å². The molecule has 1 heterocycles. The van der Waals surface area contributed by atoms with Crippen LogP contribution in [0.4, 0.5) is 0 Å². The van der Waals surface area contributed by atoms with E-state index in [0.717, 1.165) is 6.42 Å². The largest absolute Gasteiger partial charge is 0.462 e. The summed E-state index contributed by atoms with van der Waals surface area (Å²) in [6, 6.07) is -0.403. The number of nitrogens with one attached hydrogen (secondary N) is 1. The van der Waals surface area contributed by atoms with E-state index in [-0.39, 0.29) is 24.5 Å². The van der Waals surface area contributed by atoms with E-state index in [1.165, 1.54) is 0 Å². The van der Waals surface area contributed by atoms with Crippen LogP contribution in [0, 0.1) is 0 Å². The maximum absolute atomic E-state index is 12.0. The predicted octanol–water partition coefficient (Wildman–Crippen LogP) is 0.165. The van der Waals surface area contributed by atoms with Gasteiger partial charge in [0.15, 0.2) is 0 Å². The Morgan fingerprint density at radius 3 is 2.84 bits per heavy atom. The average molecular weight is 272 g/mol. The lowest BCUT2D eigenvalue weighted by Gasteiger charge is -2.33. The van der Waals surface area contributed by atoms with Gasteiger partial charge in [-0.1, -0.05) is 6.92 Å². The molecule has 0 radical (unpaired) electrons. The fourth-order valence-electron chi connectivity index (χ4n) is 1.90. The number of morpholine rings is 1. The van der Waals surface area contributed by atoms with Crippen LogP contribution in [0.15, 0.2) is 0 Å². The van der Waals surface area contributed by atoms with Crippen molar-refractivity contribution in [2.75, 3.05) is 32.8 Å². The molecule has 1 aliphatic rings. The highest BCUT2D eigenvalue weighted by molar-refractivity contribution is 5.83. The Hall–Kier alpha value is -1.14. The number of nitrogens with zero attached hydrogens (tertiary/aromatic N) is 1. The van der Waals surface area contributed by atoms with Crippen molar-refractivity contribution in [3.8, 4) is 0 Å². The van der Waals surface area contributed by atoms with Gasteiger partial charge in [0.2, 0.25) is 5.91 Å². The summed E-state index contributed by atoms with van der Waals surface area (Å²) in [5.41, 5.74) is 0. The molecule has 0 aromatic rings. The summed E-state index contributed by atoms with van der Waals surface area (Å²) >= 11 is 0. The molecular formula is C13H24N2O4. The SMILES string of the molecule is CCCNC(=O)C1COCCN1CC(=O)OC(C)C. The molecule has 6 heteroatoms. The van der Waals surface area contributed by atoms with Gasteiger partial charge in [0.25, 0.3) is 0 Å². The van der Waals surface area contributed by atoms with Crippen LogP contribution < -0.4 is 5.32 Å². The summed E-state index contributed by atoms with van der Waals surface area (Å²) < 4.78 is 10.4. The maximum Gasteiger partial charge on any atom is 0.320 e. The Bertz CT molecular complexity index is 307. The molecule has 110 valence electrons. The van der Waals surface area contributed by atoms with Gasteiger partial charge in [-0.15, -0.1) is 0 Å². The number of ether oxygens (including phenoxy) is 2. The molecule has 1 amide bonds. The van der Waals surface area contributed by atoms with Gasteiger partial charge in [0.1, 0.15) is 6.04 Å². The number of hydrogen-bond acceptors (Lipinski definition) is 5. The smallest absolute Gasteiger partial charge is 0.320 e. The Morgan fingerprint density at radius 2 is 2.21 bits per heavy atom. The molecular weight excluding hydrogens is 248 g/mol. The van der Waals surface area contributed by atoms with Gasteiger partial charge < -0.3 is 14.8 Å².